The lowest BCUT2D eigenvalue weighted by Crippen LogP contribution is -2.17. The largest absolute Gasteiger partial charge is 0.425 e. The van der Waals surface area contributed by atoms with Gasteiger partial charge in [0.1, 0.15) is 26.6 Å². The first kappa shape index (κ1) is 14.3. The lowest BCUT2D eigenvalue weighted by Gasteiger charge is -2.06. The maximum atomic E-state index is 12.1. The third-order valence-electron chi connectivity index (χ3n) is 2.24. The van der Waals surface area contributed by atoms with Gasteiger partial charge in [-0.15, -0.1) is 0 Å². The molecule has 0 aliphatic heterocycles. The van der Waals surface area contributed by atoms with Crippen molar-refractivity contribution in [2.24, 2.45) is 0 Å². The molecule has 1 aromatic carbocycles. The zero-order valence-electron chi connectivity index (χ0n) is 9.23. The predicted octanol–water partition coefficient (Wildman–Crippen LogP) is 4.69. The van der Waals surface area contributed by atoms with Crippen LogP contribution in [0.3, 0.4) is 0 Å². The molecule has 0 radical (unpaired) electrons. The van der Waals surface area contributed by atoms with Crippen LogP contribution < -0.4 is 4.74 Å². The fourth-order valence-electron chi connectivity index (χ4n) is 1.38. The van der Waals surface area contributed by atoms with Gasteiger partial charge >= 0.3 is 6.09 Å². The average molecular weight is 449 g/mol. The number of ether oxygens (including phenoxy) is 1. The maximum Gasteiger partial charge on any atom is 0.425 e. The normalized spacial score (nSPS) is 10.0. The Labute approximate surface area is 134 Å². The van der Waals surface area contributed by atoms with Gasteiger partial charge in [0.25, 0.3) is 0 Å². The molecule has 1 aromatic heterocycles. The zero-order chi connectivity index (χ0) is 14.0. The van der Waals surface area contributed by atoms with E-state index in [9.17, 15) is 4.79 Å². The van der Waals surface area contributed by atoms with Gasteiger partial charge in [0, 0.05) is 0 Å². The number of nitriles is 1. The zero-order valence-corrected chi connectivity index (χ0v) is 14.0. The molecule has 1 heterocycles. The molecule has 0 fully saturated rings. The number of halogens is 3. The summed E-state index contributed by atoms with van der Waals surface area (Å²) < 4.78 is 7.66. The summed E-state index contributed by atoms with van der Waals surface area (Å²) in [4.78, 5) is 12.1. The van der Waals surface area contributed by atoms with Crippen molar-refractivity contribution in [2.45, 2.75) is 0 Å². The van der Waals surface area contributed by atoms with E-state index in [-0.39, 0.29) is 0 Å². The van der Waals surface area contributed by atoms with Gasteiger partial charge in [0.15, 0.2) is 0 Å². The Morgan fingerprint density at radius 2 is 1.79 bits per heavy atom. The first-order chi connectivity index (χ1) is 9.06. The van der Waals surface area contributed by atoms with Gasteiger partial charge in [0.05, 0.1) is 4.47 Å². The molecule has 0 amide bonds. The molecule has 19 heavy (non-hydrogen) atoms. The van der Waals surface area contributed by atoms with Crippen LogP contribution in [-0.2, 0) is 0 Å². The van der Waals surface area contributed by atoms with Crippen LogP contribution in [0.2, 0.25) is 0 Å². The van der Waals surface area contributed by atoms with Crippen LogP contribution in [0.5, 0.6) is 5.75 Å². The summed E-state index contributed by atoms with van der Waals surface area (Å²) in [7, 11) is 0. The van der Waals surface area contributed by atoms with Crippen LogP contribution in [0, 0.1) is 11.3 Å². The molecule has 0 spiro atoms. The molecular weight excluding hydrogens is 444 g/mol. The molecule has 0 unspecified atom stereocenters. The second-order valence-electron chi connectivity index (χ2n) is 3.40. The average Bonchev–Trinajstić information content (AvgIpc) is 2.61. The van der Waals surface area contributed by atoms with Crippen molar-refractivity contribution in [1.82, 2.24) is 4.57 Å². The summed E-state index contributed by atoms with van der Waals surface area (Å²) in [6.07, 6.45) is -0.618. The molecule has 2 rings (SSSR count). The Balaban J connectivity index is 2.38. The van der Waals surface area contributed by atoms with Crippen molar-refractivity contribution in [1.29, 1.82) is 5.26 Å². The molecule has 0 bridgehead atoms. The van der Waals surface area contributed by atoms with Crippen molar-refractivity contribution in [2.75, 3.05) is 0 Å². The van der Waals surface area contributed by atoms with Gasteiger partial charge in [-0.2, -0.15) is 5.26 Å². The second kappa shape index (κ2) is 5.90. The van der Waals surface area contributed by atoms with E-state index in [1.165, 1.54) is 4.57 Å². The van der Waals surface area contributed by atoms with E-state index in [4.69, 9.17) is 10.00 Å². The molecular formula is C12H5Br3N2O2. The van der Waals surface area contributed by atoms with Gasteiger partial charge in [0.2, 0.25) is 0 Å². The summed E-state index contributed by atoms with van der Waals surface area (Å²) in [5.74, 6) is 0.426. The van der Waals surface area contributed by atoms with Crippen LogP contribution in [-0.4, -0.2) is 10.7 Å². The minimum absolute atomic E-state index is 0.317. The van der Waals surface area contributed by atoms with Crippen molar-refractivity contribution < 1.29 is 9.53 Å². The van der Waals surface area contributed by atoms with Gasteiger partial charge in [-0.05, 0) is 59.9 Å². The molecule has 2 aromatic rings. The minimum atomic E-state index is -0.618. The van der Waals surface area contributed by atoms with Crippen LogP contribution in [0.4, 0.5) is 4.79 Å². The van der Waals surface area contributed by atoms with E-state index < -0.39 is 6.09 Å². The van der Waals surface area contributed by atoms with Crippen molar-refractivity contribution in [3.8, 4) is 11.8 Å². The highest BCUT2D eigenvalue weighted by molar-refractivity contribution is 9.13. The van der Waals surface area contributed by atoms with Crippen LogP contribution >= 0.6 is 47.8 Å². The Morgan fingerprint density at radius 3 is 2.32 bits per heavy atom. The predicted molar refractivity (Wildman–Crippen MR) is 80.1 cm³/mol. The lowest BCUT2D eigenvalue weighted by atomic mass is 10.3. The summed E-state index contributed by atoms with van der Waals surface area (Å²) in [5, 5.41) is 9.01. The topological polar surface area (TPSA) is 55.0 Å². The Kier molecular flexibility index (Phi) is 4.45. The maximum absolute atomic E-state index is 12.1. The number of carbonyl (C=O) groups excluding carboxylic acids is 1. The molecule has 0 atom stereocenters. The molecule has 0 aliphatic carbocycles. The number of para-hydroxylation sites is 1. The molecule has 96 valence electrons. The van der Waals surface area contributed by atoms with Gasteiger partial charge in [-0.25, -0.2) is 9.36 Å². The fraction of sp³-hybridized carbons (Fsp3) is 0. The van der Waals surface area contributed by atoms with Crippen LogP contribution in [0.15, 0.2) is 44.0 Å². The number of nitrogens with zero attached hydrogens (tertiary/aromatic N) is 2. The van der Waals surface area contributed by atoms with Crippen molar-refractivity contribution >= 4 is 53.9 Å². The van der Waals surface area contributed by atoms with E-state index in [0.717, 1.165) is 0 Å². The number of hydrogen-bond acceptors (Lipinski definition) is 3. The van der Waals surface area contributed by atoms with Gasteiger partial charge in [-0.3, -0.25) is 0 Å². The highest BCUT2D eigenvalue weighted by Crippen LogP contribution is 2.35. The number of rotatable bonds is 1. The Hall–Kier alpha value is -1.10. The lowest BCUT2D eigenvalue weighted by molar-refractivity contribution is 0.201. The van der Waals surface area contributed by atoms with E-state index in [1.807, 2.05) is 12.1 Å². The van der Waals surface area contributed by atoms with E-state index >= 15 is 0 Å². The third-order valence-corrected chi connectivity index (χ3v) is 5.05. The molecule has 0 saturated carbocycles. The van der Waals surface area contributed by atoms with Crippen LogP contribution in [0.1, 0.15) is 5.56 Å². The third kappa shape index (κ3) is 2.76. The first-order valence-corrected chi connectivity index (χ1v) is 7.36. The Bertz CT molecular complexity index is 675. The fourth-order valence-corrected chi connectivity index (χ4v) is 3.47. The van der Waals surface area contributed by atoms with Crippen LogP contribution in [0.25, 0.3) is 0 Å². The summed E-state index contributed by atoms with van der Waals surface area (Å²) >= 11 is 9.69. The smallest absolute Gasteiger partial charge is 0.410 e. The van der Waals surface area contributed by atoms with Crippen molar-refractivity contribution in [3.05, 3.63) is 49.6 Å². The standard InChI is InChI=1S/C12H5Br3N2O2/c13-9-8(6-16)10(14)17(11(9)15)12(18)19-7-4-2-1-3-5-7/h1-5H. The number of carbonyl (C=O) groups is 1. The number of aromatic nitrogens is 1. The summed E-state index contributed by atoms with van der Waals surface area (Å²) in [5.41, 5.74) is 0.317. The highest BCUT2D eigenvalue weighted by atomic mass is 79.9. The van der Waals surface area contributed by atoms with Gasteiger partial charge < -0.3 is 4.74 Å². The summed E-state index contributed by atoms with van der Waals surface area (Å²) in [6, 6.07) is 10.7. The van der Waals surface area contributed by atoms with E-state index in [1.54, 1.807) is 24.3 Å². The molecule has 7 heteroatoms. The second-order valence-corrected chi connectivity index (χ2v) is 5.69. The van der Waals surface area contributed by atoms with Crippen molar-refractivity contribution in [3.63, 3.8) is 0 Å². The SMILES string of the molecule is N#Cc1c(Br)c(Br)n(C(=O)Oc2ccccc2)c1Br. The molecule has 4 nitrogen and oxygen atoms in total. The quantitative estimate of drug-likeness (QED) is 0.635. The summed E-state index contributed by atoms with van der Waals surface area (Å²) in [6.45, 7) is 0. The number of hydrogen-bond donors (Lipinski definition) is 0. The minimum Gasteiger partial charge on any atom is -0.410 e. The van der Waals surface area contributed by atoms with Gasteiger partial charge in [-0.1, -0.05) is 18.2 Å². The monoisotopic (exact) mass is 446 g/mol. The molecule has 0 aliphatic rings. The number of benzene rings is 1. The molecule has 0 saturated heterocycles. The molecule has 0 N–H and O–H groups in total. The Morgan fingerprint density at radius 1 is 1.16 bits per heavy atom. The highest BCUT2D eigenvalue weighted by Gasteiger charge is 2.23. The first-order valence-electron chi connectivity index (χ1n) is 4.98. The van der Waals surface area contributed by atoms with E-state index in [0.29, 0.717) is 25.0 Å². The van der Waals surface area contributed by atoms with E-state index in [2.05, 4.69) is 47.8 Å².